The van der Waals surface area contributed by atoms with Crippen LogP contribution in [-0.2, 0) is 15.1 Å². The fraction of sp³-hybridized carbons (Fsp3) is 0.500. The minimum absolute atomic E-state index is 0.388. The molecule has 3 nitrogen and oxygen atoms in total. The predicted molar refractivity (Wildman–Crippen MR) is 62.9 cm³/mol. The van der Waals surface area contributed by atoms with E-state index in [1.165, 1.54) is 0 Å². The van der Waals surface area contributed by atoms with Crippen LogP contribution in [0.4, 0.5) is 4.39 Å². The summed E-state index contributed by atoms with van der Waals surface area (Å²) in [6.07, 6.45) is 1.29. The van der Waals surface area contributed by atoms with E-state index in [-0.39, 0.29) is 5.97 Å². The molecule has 1 aliphatic heterocycles. The number of carbonyl (C=O) groups excluding carboxylic acids is 1. The molecule has 1 aromatic rings. The lowest BCUT2D eigenvalue weighted by Gasteiger charge is -2.12. The van der Waals surface area contributed by atoms with Gasteiger partial charge in [0.1, 0.15) is 5.67 Å². The number of alkyl halides is 1. The second kappa shape index (κ2) is 4.05. The van der Waals surface area contributed by atoms with Crippen molar-refractivity contribution >= 4 is 5.97 Å². The van der Waals surface area contributed by atoms with E-state index in [0.29, 0.717) is 36.1 Å². The highest BCUT2D eigenvalue weighted by atomic mass is 19.1. The molecule has 0 aromatic heterocycles. The number of halogens is 1. The average Bonchev–Trinajstić information content (AvgIpc) is 3.05. The maximum absolute atomic E-state index is 14.0. The zero-order valence-electron chi connectivity index (χ0n) is 10.2. The first-order valence-corrected chi connectivity index (χ1v) is 6.30. The highest BCUT2D eigenvalue weighted by Crippen LogP contribution is 2.50. The van der Waals surface area contributed by atoms with Gasteiger partial charge in [0, 0.05) is 5.56 Å². The van der Waals surface area contributed by atoms with E-state index >= 15 is 0 Å². The van der Waals surface area contributed by atoms with E-state index in [1.807, 2.05) is 6.92 Å². The normalized spacial score (nSPS) is 23.7. The van der Waals surface area contributed by atoms with Crippen LogP contribution in [0.2, 0.25) is 0 Å². The number of cyclic esters (lactones) is 1. The van der Waals surface area contributed by atoms with Crippen molar-refractivity contribution in [3.05, 3.63) is 34.9 Å². The van der Waals surface area contributed by atoms with E-state index in [9.17, 15) is 9.18 Å². The lowest BCUT2D eigenvalue weighted by Crippen LogP contribution is -2.05. The average molecular weight is 250 g/mol. The van der Waals surface area contributed by atoms with Crippen LogP contribution in [0.25, 0.3) is 0 Å². The van der Waals surface area contributed by atoms with Gasteiger partial charge in [0.05, 0.1) is 12.2 Å². The van der Waals surface area contributed by atoms with Crippen molar-refractivity contribution < 1.29 is 18.7 Å². The third-order valence-corrected chi connectivity index (χ3v) is 3.42. The van der Waals surface area contributed by atoms with Gasteiger partial charge in [-0.25, -0.2) is 9.18 Å². The largest absolute Gasteiger partial charge is 0.428 e. The highest BCUT2D eigenvalue weighted by molar-refractivity contribution is 5.94. The monoisotopic (exact) mass is 250 g/mol. The molecule has 1 atom stereocenters. The fourth-order valence-corrected chi connectivity index (χ4v) is 2.19. The van der Waals surface area contributed by atoms with Crippen LogP contribution in [0.1, 0.15) is 54.0 Å². The van der Waals surface area contributed by atoms with Crippen molar-refractivity contribution in [3.8, 4) is 0 Å². The van der Waals surface area contributed by atoms with E-state index in [0.717, 1.165) is 6.42 Å². The van der Waals surface area contributed by atoms with E-state index < -0.39 is 12.0 Å². The molecular weight excluding hydrogens is 235 g/mol. The first kappa shape index (κ1) is 11.7. The summed E-state index contributed by atoms with van der Waals surface area (Å²) in [6, 6.07) is 5.03. The minimum Gasteiger partial charge on any atom is -0.428 e. The van der Waals surface area contributed by atoms with Crippen molar-refractivity contribution in [2.75, 3.05) is 6.61 Å². The molecule has 3 rings (SSSR count). The zero-order chi connectivity index (χ0) is 12.8. The molecule has 18 heavy (non-hydrogen) atoms. The Labute approximate surface area is 105 Å². The van der Waals surface area contributed by atoms with E-state index in [4.69, 9.17) is 9.47 Å². The van der Waals surface area contributed by atoms with Crippen molar-refractivity contribution in [1.29, 1.82) is 0 Å². The van der Waals surface area contributed by atoms with Crippen LogP contribution in [0.3, 0.4) is 0 Å². The first-order valence-electron chi connectivity index (χ1n) is 6.30. The number of rotatable bonds is 4. The summed E-state index contributed by atoms with van der Waals surface area (Å²) >= 11 is 0. The molecule has 96 valence electrons. The van der Waals surface area contributed by atoms with Gasteiger partial charge >= 0.3 is 5.97 Å². The van der Waals surface area contributed by atoms with Crippen LogP contribution in [-0.4, -0.2) is 12.6 Å². The number of fused-ring (bicyclic) bond motifs is 1. The topological polar surface area (TPSA) is 35.5 Å². The number of hydrogen-bond acceptors (Lipinski definition) is 3. The molecule has 1 saturated carbocycles. The summed E-state index contributed by atoms with van der Waals surface area (Å²) in [7, 11) is 0. The van der Waals surface area contributed by atoms with Gasteiger partial charge in [-0.2, -0.15) is 0 Å². The van der Waals surface area contributed by atoms with Crippen molar-refractivity contribution in [2.24, 2.45) is 0 Å². The highest BCUT2D eigenvalue weighted by Gasteiger charge is 2.46. The second-order valence-electron chi connectivity index (χ2n) is 4.88. The molecule has 1 unspecified atom stereocenters. The first-order chi connectivity index (χ1) is 8.64. The summed E-state index contributed by atoms with van der Waals surface area (Å²) < 4.78 is 24.6. The lowest BCUT2D eigenvalue weighted by atomic mass is 10.0. The Morgan fingerprint density at radius 1 is 1.50 bits per heavy atom. The van der Waals surface area contributed by atoms with Crippen LogP contribution >= 0.6 is 0 Å². The third kappa shape index (κ3) is 1.81. The van der Waals surface area contributed by atoms with Crippen LogP contribution in [0, 0.1) is 0 Å². The van der Waals surface area contributed by atoms with Gasteiger partial charge in [-0.15, -0.1) is 0 Å². The molecule has 1 aliphatic carbocycles. The standard InChI is InChI=1S/C14H15FO3/c1-2-7-17-13-11-8-9(14(15)5-6-14)3-4-10(11)12(16)18-13/h3-4,8,13H,2,5-7H2,1H3. The molecule has 0 bridgehead atoms. The summed E-state index contributed by atoms with van der Waals surface area (Å²) in [5.74, 6) is -0.388. The minimum atomic E-state index is -1.20. The van der Waals surface area contributed by atoms with Gasteiger partial charge in [-0.3, -0.25) is 0 Å². The summed E-state index contributed by atoms with van der Waals surface area (Å²) in [5, 5.41) is 0. The number of esters is 1. The van der Waals surface area contributed by atoms with Gasteiger partial charge in [0.2, 0.25) is 6.29 Å². The quantitative estimate of drug-likeness (QED) is 0.769. The molecule has 4 heteroatoms. The van der Waals surface area contributed by atoms with Gasteiger partial charge < -0.3 is 9.47 Å². The summed E-state index contributed by atoms with van der Waals surface area (Å²) in [5.41, 5.74) is 0.583. The van der Waals surface area contributed by atoms with Gasteiger partial charge in [-0.1, -0.05) is 13.0 Å². The SMILES string of the molecule is CCCOC1OC(=O)c2ccc(C3(F)CC3)cc21. The predicted octanol–water partition coefficient (Wildman–Crippen LogP) is 3.24. The van der Waals surface area contributed by atoms with Crippen molar-refractivity contribution in [2.45, 2.75) is 38.1 Å². The number of carbonyl (C=O) groups is 1. The summed E-state index contributed by atoms with van der Waals surface area (Å²) in [4.78, 5) is 11.6. The number of ether oxygens (including phenoxy) is 2. The molecule has 0 radical (unpaired) electrons. The Kier molecular flexibility index (Phi) is 2.63. The maximum atomic E-state index is 14.0. The Morgan fingerprint density at radius 3 is 2.94 bits per heavy atom. The molecule has 1 aromatic carbocycles. The third-order valence-electron chi connectivity index (χ3n) is 3.42. The molecule has 1 heterocycles. The molecule has 0 spiro atoms. The van der Waals surface area contributed by atoms with E-state index in [2.05, 4.69) is 0 Å². The molecular formula is C14H15FO3. The fourth-order valence-electron chi connectivity index (χ4n) is 2.19. The Hall–Kier alpha value is -1.42. The van der Waals surface area contributed by atoms with Crippen LogP contribution in [0.15, 0.2) is 18.2 Å². The molecule has 0 N–H and O–H groups in total. The maximum Gasteiger partial charge on any atom is 0.341 e. The van der Waals surface area contributed by atoms with Gasteiger partial charge in [0.25, 0.3) is 0 Å². The number of benzene rings is 1. The molecule has 1 fully saturated rings. The summed E-state index contributed by atoms with van der Waals surface area (Å²) in [6.45, 7) is 2.50. The second-order valence-corrected chi connectivity index (χ2v) is 4.88. The van der Waals surface area contributed by atoms with Crippen LogP contribution in [0.5, 0.6) is 0 Å². The van der Waals surface area contributed by atoms with Crippen molar-refractivity contribution in [1.82, 2.24) is 0 Å². The molecule has 0 saturated heterocycles. The lowest BCUT2D eigenvalue weighted by molar-refractivity contribution is -0.103. The van der Waals surface area contributed by atoms with Gasteiger partial charge in [-0.05, 0) is 37.0 Å². The number of hydrogen-bond donors (Lipinski definition) is 0. The van der Waals surface area contributed by atoms with Crippen molar-refractivity contribution in [3.63, 3.8) is 0 Å². The van der Waals surface area contributed by atoms with Gasteiger partial charge in [0.15, 0.2) is 0 Å². The molecule has 0 amide bonds. The van der Waals surface area contributed by atoms with E-state index in [1.54, 1.807) is 18.2 Å². The smallest absolute Gasteiger partial charge is 0.341 e. The molecule has 2 aliphatic rings. The Balaban J connectivity index is 1.92. The zero-order valence-corrected chi connectivity index (χ0v) is 10.2. The van der Waals surface area contributed by atoms with Crippen LogP contribution < -0.4 is 0 Å². The Morgan fingerprint density at radius 2 is 2.28 bits per heavy atom. The Bertz CT molecular complexity index is 494.